The van der Waals surface area contributed by atoms with Gasteiger partial charge in [0.15, 0.2) is 0 Å². The first-order chi connectivity index (χ1) is 9.70. The number of carbonyl (C=O) groups is 1. The fourth-order valence-electron chi connectivity index (χ4n) is 2.22. The normalized spacial score (nSPS) is 10.8. The second-order valence-electron chi connectivity index (χ2n) is 4.93. The van der Waals surface area contributed by atoms with Crippen LogP contribution in [0.5, 0.6) is 5.75 Å². The van der Waals surface area contributed by atoms with Crippen molar-refractivity contribution in [2.24, 2.45) is 0 Å². The number of nitrogens with zero attached hydrogens (tertiary/aromatic N) is 1. The Kier molecular flexibility index (Phi) is 5.04. The lowest BCUT2D eigenvalue weighted by atomic mass is 10.2. The Morgan fingerprint density at radius 1 is 1.30 bits per heavy atom. The molecule has 2 rings (SSSR count). The van der Waals surface area contributed by atoms with Crippen LogP contribution in [-0.2, 0) is 16.1 Å². The zero-order valence-electron chi connectivity index (χ0n) is 11.8. The molecular weight excluding hydrogens is 254 g/mol. The minimum absolute atomic E-state index is 0.103. The van der Waals surface area contributed by atoms with E-state index in [0.717, 1.165) is 36.7 Å². The maximum Gasteiger partial charge on any atom is 0.305 e. The van der Waals surface area contributed by atoms with Gasteiger partial charge >= 0.3 is 5.97 Å². The van der Waals surface area contributed by atoms with Crippen molar-refractivity contribution in [3.8, 4) is 5.75 Å². The zero-order chi connectivity index (χ0) is 14.4. The topological polar surface area (TPSA) is 51.5 Å². The number of phenolic OH excluding ortho intramolecular Hbond substituents is 1. The second kappa shape index (κ2) is 6.98. The zero-order valence-corrected chi connectivity index (χ0v) is 11.8. The first kappa shape index (κ1) is 14.4. The smallest absolute Gasteiger partial charge is 0.305 e. The average Bonchev–Trinajstić information content (AvgIpc) is 2.83. The summed E-state index contributed by atoms with van der Waals surface area (Å²) in [6.45, 7) is 3.38. The van der Waals surface area contributed by atoms with Crippen molar-refractivity contribution in [1.82, 2.24) is 4.57 Å². The number of fused-ring (bicyclic) bond motifs is 1. The van der Waals surface area contributed by atoms with Gasteiger partial charge in [-0.25, -0.2) is 0 Å². The molecule has 0 aliphatic carbocycles. The summed E-state index contributed by atoms with van der Waals surface area (Å²) in [5, 5.41) is 10.5. The summed E-state index contributed by atoms with van der Waals surface area (Å²) in [6.07, 6.45) is 5.14. The number of benzene rings is 1. The van der Waals surface area contributed by atoms with Crippen LogP contribution in [0.25, 0.3) is 10.9 Å². The molecule has 0 unspecified atom stereocenters. The number of phenols is 1. The molecule has 0 saturated carbocycles. The number of hydrogen-bond donors (Lipinski definition) is 1. The molecule has 0 aliphatic rings. The molecule has 2 aromatic rings. The fraction of sp³-hybridized carbons (Fsp3) is 0.438. The van der Waals surface area contributed by atoms with E-state index in [0.29, 0.717) is 13.0 Å². The van der Waals surface area contributed by atoms with E-state index in [-0.39, 0.29) is 11.7 Å². The Morgan fingerprint density at radius 3 is 2.95 bits per heavy atom. The molecule has 0 radical (unpaired) electrons. The van der Waals surface area contributed by atoms with Crippen LogP contribution < -0.4 is 0 Å². The van der Waals surface area contributed by atoms with Crippen LogP contribution in [0.4, 0.5) is 0 Å². The van der Waals surface area contributed by atoms with Crippen LogP contribution in [0.15, 0.2) is 30.5 Å². The number of carbonyl (C=O) groups excluding carboxylic acids is 1. The van der Waals surface area contributed by atoms with Crippen LogP contribution in [0.1, 0.15) is 32.6 Å². The van der Waals surface area contributed by atoms with Gasteiger partial charge in [-0.05, 0) is 43.5 Å². The lowest BCUT2D eigenvalue weighted by molar-refractivity contribution is -0.143. The summed E-state index contributed by atoms with van der Waals surface area (Å²) in [5.74, 6) is 0.183. The van der Waals surface area contributed by atoms with Crippen molar-refractivity contribution >= 4 is 16.9 Å². The van der Waals surface area contributed by atoms with Crippen molar-refractivity contribution in [3.05, 3.63) is 30.5 Å². The van der Waals surface area contributed by atoms with E-state index in [1.807, 2.05) is 25.3 Å². The number of esters is 1. The summed E-state index contributed by atoms with van der Waals surface area (Å²) in [6, 6.07) is 7.36. The van der Waals surface area contributed by atoms with Crippen molar-refractivity contribution in [3.63, 3.8) is 0 Å². The lowest BCUT2D eigenvalue weighted by Gasteiger charge is -2.06. The van der Waals surface area contributed by atoms with Crippen LogP contribution in [0.3, 0.4) is 0 Å². The van der Waals surface area contributed by atoms with Gasteiger partial charge < -0.3 is 14.4 Å². The predicted molar refractivity (Wildman–Crippen MR) is 78.7 cm³/mol. The minimum atomic E-state index is -0.103. The molecule has 0 aliphatic heterocycles. The van der Waals surface area contributed by atoms with E-state index in [2.05, 4.69) is 4.57 Å². The quantitative estimate of drug-likeness (QED) is 0.622. The summed E-state index contributed by atoms with van der Waals surface area (Å²) >= 11 is 0. The lowest BCUT2D eigenvalue weighted by Crippen LogP contribution is -2.05. The van der Waals surface area contributed by atoms with Crippen LogP contribution in [0.2, 0.25) is 0 Å². The van der Waals surface area contributed by atoms with Gasteiger partial charge in [-0.15, -0.1) is 0 Å². The van der Waals surface area contributed by atoms with Gasteiger partial charge in [0.1, 0.15) is 5.75 Å². The molecule has 0 fully saturated rings. The summed E-state index contributed by atoms with van der Waals surface area (Å²) in [5.41, 5.74) is 1.11. The molecule has 0 bridgehead atoms. The molecule has 1 aromatic heterocycles. The third-order valence-corrected chi connectivity index (χ3v) is 3.25. The Bertz CT molecular complexity index is 574. The molecule has 4 nitrogen and oxygen atoms in total. The number of rotatable bonds is 7. The fourth-order valence-corrected chi connectivity index (χ4v) is 2.22. The van der Waals surface area contributed by atoms with Gasteiger partial charge in [-0.2, -0.15) is 0 Å². The summed E-state index contributed by atoms with van der Waals surface area (Å²) < 4.78 is 7.18. The molecular formula is C16H21NO3. The molecule has 0 atom stereocenters. The van der Waals surface area contributed by atoms with Gasteiger partial charge in [-0.1, -0.05) is 6.92 Å². The molecule has 0 saturated heterocycles. The SMILES string of the molecule is CCCOC(=O)CCCCn1ccc2cc(O)ccc21. The standard InChI is InChI=1S/C16H21NO3/c1-2-11-20-16(19)5-3-4-9-17-10-8-13-12-14(18)6-7-15(13)17/h6-8,10,12,18H,2-5,9,11H2,1H3. The van der Waals surface area contributed by atoms with E-state index in [1.54, 1.807) is 12.1 Å². The highest BCUT2D eigenvalue weighted by atomic mass is 16.5. The molecule has 1 N–H and O–H groups in total. The number of aromatic hydroxyl groups is 1. The van der Waals surface area contributed by atoms with Crippen molar-refractivity contribution < 1.29 is 14.6 Å². The third-order valence-electron chi connectivity index (χ3n) is 3.25. The molecule has 108 valence electrons. The van der Waals surface area contributed by atoms with Crippen LogP contribution in [-0.4, -0.2) is 22.2 Å². The van der Waals surface area contributed by atoms with E-state index < -0.39 is 0 Å². The Balaban J connectivity index is 1.80. The Hall–Kier alpha value is -1.97. The van der Waals surface area contributed by atoms with Gasteiger partial charge in [0, 0.05) is 30.1 Å². The van der Waals surface area contributed by atoms with E-state index in [1.165, 1.54) is 0 Å². The number of aryl methyl sites for hydroxylation is 1. The molecule has 20 heavy (non-hydrogen) atoms. The Morgan fingerprint density at radius 2 is 2.15 bits per heavy atom. The molecule has 1 heterocycles. The third kappa shape index (κ3) is 3.76. The van der Waals surface area contributed by atoms with Crippen molar-refractivity contribution in [2.45, 2.75) is 39.2 Å². The number of aromatic nitrogens is 1. The van der Waals surface area contributed by atoms with E-state index in [4.69, 9.17) is 4.74 Å². The molecule has 4 heteroatoms. The molecule has 1 aromatic carbocycles. The van der Waals surface area contributed by atoms with Gasteiger partial charge in [0.2, 0.25) is 0 Å². The monoisotopic (exact) mass is 275 g/mol. The molecule has 0 spiro atoms. The average molecular weight is 275 g/mol. The maximum atomic E-state index is 11.4. The predicted octanol–water partition coefficient (Wildman–Crippen LogP) is 3.47. The summed E-state index contributed by atoms with van der Waals surface area (Å²) in [7, 11) is 0. The largest absolute Gasteiger partial charge is 0.508 e. The number of ether oxygens (including phenoxy) is 1. The number of hydrogen-bond acceptors (Lipinski definition) is 3. The molecule has 0 amide bonds. The van der Waals surface area contributed by atoms with E-state index in [9.17, 15) is 9.90 Å². The van der Waals surface area contributed by atoms with Crippen LogP contribution in [0, 0.1) is 0 Å². The highest BCUT2D eigenvalue weighted by Gasteiger charge is 2.04. The summed E-state index contributed by atoms with van der Waals surface area (Å²) in [4.78, 5) is 11.4. The first-order valence-electron chi connectivity index (χ1n) is 7.14. The van der Waals surface area contributed by atoms with Gasteiger partial charge in [-0.3, -0.25) is 4.79 Å². The van der Waals surface area contributed by atoms with Crippen molar-refractivity contribution in [1.29, 1.82) is 0 Å². The number of unbranched alkanes of at least 4 members (excludes halogenated alkanes) is 1. The highest BCUT2D eigenvalue weighted by molar-refractivity contribution is 5.81. The highest BCUT2D eigenvalue weighted by Crippen LogP contribution is 2.21. The second-order valence-corrected chi connectivity index (χ2v) is 4.93. The van der Waals surface area contributed by atoms with Gasteiger partial charge in [0.05, 0.1) is 6.61 Å². The maximum absolute atomic E-state index is 11.4. The van der Waals surface area contributed by atoms with Crippen LogP contribution >= 0.6 is 0 Å². The van der Waals surface area contributed by atoms with Crippen molar-refractivity contribution in [2.75, 3.05) is 6.61 Å². The van der Waals surface area contributed by atoms with Gasteiger partial charge in [0.25, 0.3) is 0 Å². The first-order valence-corrected chi connectivity index (χ1v) is 7.14. The minimum Gasteiger partial charge on any atom is -0.508 e. The van der Waals surface area contributed by atoms with E-state index >= 15 is 0 Å². The Labute approximate surface area is 119 Å².